The van der Waals surface area contributed by atoms with Gasteiger partial charge >= 0.3 is 0 Å². The first-order valence-corrected chi connectivity index (χ1v) is 10.2. The van der Waals surface area contributed by atoms with E-state index in [-0.39, 0.29) is 17.1 Å². The van der Waals surface area contributed by atoms with Crippen LogP contribution >= 0.6 is 0 Å². The molecule has 1 aliphatic heterocycles. The zero-order valence-electron chi connectivity index (χ0n) is 17.2. The minimum atomic E-state index is -0.841. The molecule has 1 saturated heterocycles. The summed E-state index contributed by atoms with van der Waals surface area (Å²) in [6.07, 6.45) is 1.63. The van der Waals surface area contributed by atoms with Crippen molar-refractivity contribution in [2.24, 2.45) is 0 Å². The number of aliphatic hydroxyl groups is 1. The molecule has 3 N–H and O–H groups in total. The molecule has 1 aromatic heterocycles. The van der Waals surface area contributed by atoms with E-state index < -0.39 is 17.7 Å². The van der Waals surface area contributed by atoms with Crippen LogP contribution in [-0.2, 0) is 9.59 Å². The van der Waals surface area contributed by atoms with Crippen LogP contribution in [0.15, 0.2) is 84.6 Å². The van der Waals surface area contributed by atoms with Crippen molar-refractivity contribution >= 4 is 34.0 Å². The molecule has 158 valence electrons. The van der Waals surface area contributed by atoms with Crippen LogP contribution in [0.2, 0.25) is 0 Å². The van der Waals surface area contributed by atoms with Crippen molar-refractivity contribution in [1.82, 2.24) is 4.98 Å². The molecule has 1 amide bonds. The predicted octanol–water partition coefficient (Wildman–Crippen LogP) is 4.81. The lowest BCUT2D eigenvalue weighted by Gasteiger charge is -2.25. The standard InChI is InChI=1S/C26H20N2O4/c1-15-6-10-17(11-7-15)28-23(16-8-12-18(29)13-9-16)22(25(31)26(28)32)24(30)20-14-27-21-5-3-2-4-19(20)21/h2-14,23,27,29-30H,1H3/b24-22-. The smallest absolute Gasteiger partial charge is 0.300 e. The van der Waals surface area contributed by atoms with Crippen molar-refractivity contribution in [1.29, 1.82) is 0 Å². The van der Waals surface area contributed by atoms with Crippen LogP contribution in [0, 0.1) is 6.92 Å². The fourth-order valence-corrected chi connectivity index (χ4v) is 4.19. The van der Waals surface area contributed by atoms with E-state index in [4.69, 9.17) is 0 Å². The molecule has 6 nitrogen and oxygen atoms in total. The molecular weight excluding hydrogens is 404 g/mol. The average Bonchev–Trinajstić information content (AvgIpc) is 3.34. The van der Waals surface area contributed by atoms with Gasteiger partial charge in [0.15, 0.2) is 0 Å². The molecular formula is C26H20N2O4. The van der Waals surface area contributed by atoms with Crippen molar-refractivity contribution in [3.8, 4) is 5.75 Å². The maximum atomic E-state index is 13.2. The van der Waals surface area contributed by atoms with E-state index in [9.17, 15) is 19.8 Å². The highest BCUT2D eigenvalue weighted by Gasteiger charge is 2.47. The lowest BCUT2D eigenvalue weighted by atomic mass is 9.95. The average molecular weight is 424 g/mol. The number of Topliss-reactive ketones (excluding diaryl/α,β-unsaturated/α-hetero) is 1. The maximum Gasteiger partial charge on any atom is 0.300 e. The highest BCUT2D eigenvalue weighted by Crippen LogP contribution is 2.43. The van der Waals surface area contributed by atoms with Crippen molar-refractivity contribution < 1.29 is 19.8 Å². The number of carbonyl (C=O) groups is 2. The number of amides is 1. The first-order chi connectivity index (χ1) is 15.5. The number of phenols is 1. The largest absolute Gasteiger partial charge is 0.508 e. The van der Waals surface area contributed by atoms with Gasteiger partial charge < -0.3 is 15.2 Å². The van der Waals surface area contributed by atoms with E-state index in [2.05, 4.69) is 4.98 Å². The Balaban J connectivity index is 1.75. The number of aromatic hydroxyl groups is 1. The number of phenolic OH excluding ortho intramolecular Hbond substituents is 1. The van der Waals surface area contributed by atoms with Crippen LogP contribution < -0.4 is 4.90 Å². The minimum absolute atomic E-state index is 0.00557. The number of H-pyrrole nitrogens is 1. The van der Waals surface area contributed by atoms with Crippen molar-refractivity contribution in [2.75, 3.05) is 4.90 Å². The van der Waals surface area contributed by atoms with Crippen LogP contribution in [0.5, 0.6) is 5.75 Å². The number of benzene rings is 3. The zero-order valence-corrected chi connectivity index (χ0v) is 17.2. The Kier molecular flexibility index (Phi) is 4.56. The third-order valence-corrected chi connectivity index (χ3v) is 5.81. The number of para-hydroxylation sites is 1. The van der Waals surface area contributed by atoms with Gasteiger partial charge in [-0.05, 0) is 42.8 Å². The third kappa shape index (κ3) is 3.04. The quantitative estimate of drug-likeness (QED) is 0.250. The second-order valence-corrected chi connectivity index (χ2v) is 7.84. The Morgan fingerprint density at radius 3 is 2.34 bits per heavy atom. The number of carbonyl (C=O) groups excluding carboxylic acids is 2. The van der Waals surface area contributed by atoms with Gasteiger partial charge in [0.25, 0.3) is 11.7 Å². The highest BCUT2D eigenvalue weighted by molar-refractivity contribution is 6.51. The molecule has 0 radical (unpaired) electrons. The number of aliphatic hydroxyl groups excluding tert-OH is 1. The number of aromatic nitrogens is 1. The van der Waals surface area contributed by atoms with E-state index in [0.29, 0.717) is 16.8 Å². The van der Waals surface area contributed by atoms with E-state index >= 15 is 0 Å². The monoisotopic (exact) mass is 424 g/mol. The number of hydrogen-bond donors (Lipinski definition) is 3. The van der Waals surface area contributed by atoms with Gasteiger partial charge in [0.2, 0.25) is 0 Å². The molecule has 0 saturated carbocycles. The summed E-state index contributed by atoms with van der Waals surface area (Å²) in [6, 6.07) is 20.2. The highest BCUT2D eigenvalue weighted by atomic mass is 16.3. The summed E-state index contributed by atoms with van der Waals surface area (Å²) in [5.74, 6) is -1.65. The SMILES string of the molecule is Cc1ccc(N2C(=O)C(=O)/C(=C(\O)c3c[nH]c4ccccc34)C2c2ccc(O)cc2)cc1. The van der Waals surface area contributed by atoms with Crippen molar-refractivity contribution in [2.45, 2.75) is 13.0 Å². The Labute approximate surface area is 184 Å². The molecule has 4 aromatic rings. The van der Waals surface area contributed by atoms with Crippen molar-refractivity contribution in [3.05, 3.63) is 101 Å². The maximum absolute atomic E-state index is 13.2. The molecule has 1 unspecified atom stereocenters. The second-order valence-electron chi connectivity index (χ2n) is 7.84. The number of hydrogen-bond acceptors (Lipinski definition) is 4. The van der Waals surface area contributed by atoms with Crippen LogP contribution in [0.3, 0.4) is 0 Å². The summed E-state index contributed by atoms with van der Waals surface area (Å²) in [6.45, 7) is 1.94. The molecule has 0 aliphatic carbocycles. The van der Waals surface area contributed by atoms with Gasteiger partial charge in [0.05, 0.1) is 11.6 Å². The fourth-order valence-electron chi connectivity index (χ4n) is 4.19. The van der Waals surface area contributed by atoms with Gasteiger partial charge in [0.1, 0.15) is 11.5 Å². The Bertz CT molecular complexity index is 1380. The molecule has 6 heteroatoms. The predicted molar refractivity (Wildman–Crippen MR) is 122 cm³/mol. The summed E-state index contributed by atoms with van der Waals surface area (Å²) < 4.78 is 0. The summed E-state index contributed by atoms with van der Waals surface area (Å²) in [7, 11) is 0. The molecule has 2 heterocycles. The van der Waals surface area contributed by atoms with E-state index in [1.54, 1.807) is 30.5 Å². The fraction of sp³-hybridized carbons (Fsp3) is 0.0769. The van der Waals surface area contributed by atoms with Crippen LogP contribution in [0.1, 0.15) is 22.7 Å². The number of rotatable bonds is 3. The zero-order chi connectivity index (χ0) is 22.4. The van der Waals surface area contributed by atoms with Gasteiger partial charge in [-0.15, -0.1) is 0 Å². The first kappa shape index (κ1) is 19.6. The lowest BCUT2D eigenvalue weighted by molar-refractivity contribution is -0.132. The van der Waals surface area contributed by atoms with Gasteiger partial charge in [0, 0.05) is 28.4 Å². The number of aryl methyl sites for hydroxylation is 1. The number of anilines is 1. The van der Waals surface area contributed by atoms with Crippen LogP contribution in [-0.4, -0.2) is 26.9 Å². The van der Waals surface area contributed by atoms with Crippen LogP contribution in [0.4, 0.5) is 5.69 Å². The summed E-state index contributed by atoms with van der Waals surface area (Å²) in [5.41, 5.74) is 3.43. The minimum Gasteiger partial charge on any atom is -0.508 e. The van der Waals surface area contributed by atoms with Gasteiger partial charge in [-0.25, -0.2) is 0 Å². The van der Waals surface area contributed by atoms with Crippen LogP contribution in [0.25, 0.3) is 16.7 Å². The number of nitrogens with zero attached hydrogens (tertiary/aromatic N) is 1. The van der Waals surface area contributed by atoms with Gasteiger partial charge in [-0.2, -0.15) is 0 Å². The molecule has 0 spiro atoms. The molecule has 1 aliphatic rings. The Hall–Kier alpha value is -4.32. The Morgan fingerprint density at radius 2 is 1.62 bits per heavy atom. The number of nitrogens with one attached hydrogen (secondary N) is 1. The van der Waals surface area contributed by atoms with Crippen molar-refractivity contribution in [3.63, 3.8) is 0 Å². The number of fused-ring (bicyclic) bond motifs is 1. The normalized spacial score (nSPS) is 17.9. The summed E-state index contributed by atoms with van der Waals surface area (Å²) in [4.78, 5) is 30.9. The Morgan fingerprint density at radius 1 is 0.938 bits per heavy atom. The summed E-state index contributed by atoms with van der Waals surface area (Å²) in [5, 5.41) is 21.8. The first-order valence-electron chi connectivity index (χ1n) is 10.2. The molecule has 5 rings (SSSR count). The number of ketones is 1. The third-order valence-electron chi connectivity index (χ3n) is 5.81. The topological polar surface area (TPSA) is 93.6 Å². The van der Waals surface area contributed by atoms with E-state index in [1.165, 1.54) is 17.0 Å². The molecule has 32 heavy (non-hydrogen) atoms. The van der Waals surface area contributed by atoms with Gasteiger partial charge in [-0.3, -0.25) is 14.5 Å². The molecule has 0 bridgehead atoms. The van der Waals surface area contributed by atoms with E-state index in [1.807, 2.05) is 43.3 Å². The molecule has 3 aromatic carbocycles. The lowest BCUT2D eigenvalue weighted by Crippen LogP contribution is -2.29. The molecule has 1 atom stereocenters. The van der Waals surface area contributed by atoms with E-state index in [0.717, 1.165) is 16.5 Å². The molecule has 1 fully saturated rings. The van der Waals surface area contributed by atoms with Gasteiger partial charge in [-0.1, -0.05) is 48.0 Å². The summed E-state index contributed by atoms with van der Waals surface area (Å²) >= 11 is 0. The number of aromatic amines is 1. The second kappa shape index (κ2) is 7.42.